The predicted octanol–water partition coefficient (Wildman–Crippen LogP) is 4.10. The van der Waals surface area contributed by atoms with Gasteiger partial charge in [-0.15, -0.1) is 0 Å². The molecule has 0 spiro atoms. The van der Waals surface area contributed by atoms with Crippen LogP contribution in [-0.4, -0.2) is 47.7 Å². The molecule has 2 fully saturated rings. The number of imide groups is 1. The van der Waals surface area contributed by atoms with Crippen molar-refractivity contribution in [3.8, 4) is 11.5 Å². The molecule has 3 aromatic rings. The smallest absolute Gasteiger partial charge is 0.236 e. The maximum Gasteiger partial charge on any atom is 0.236 e. The minimum atomic E-state index is -0.824. The van der Waals surface area contributed by atoms with Gasteiger partial charge in [-0.25, -0.2) is 0 Å². The summed E-state index contributed by atoms with van der Waals surface area (Å²) in [7, 11) is 3.05. The van der Waals surface area contributed by atoms with Crippen LogP contribution in [0.1, 0.15) is 33.1 Å². The van der Waals surface area contributed by atoms with Crippen molar-refractivity contribution in [2.75, 3.05) is 14.2 Å². The molecule has 0 saturated carbocycles. The van der Waals surface area contributed by atoms with E-state index in [-0.39, 0.29) is 24.1 Å². The summed E-state index contributed by atoms with van der Waals surface area (Å²) in [5.41, 5.74) is 3.21. The first-order chi connectivity index (χ1) is 18.0. The summed E-state index contributed by atoms with van der Waals surface area (Å²) in [6.07, 6.45) is 3.80. The minimum absolute atomic E-state index is 0.187. The van der Waals surface area contributed by atoms with Crippen LogP contribution in [-0.2, 0) is 16.1 Å². The maximum atomic E-state index is 14.1. The summed E-state index contributed by atoms with van der Waals surface area (Å²) < 4.78 is 10.7. The number of likely N-dealkylation sites (tertiary alicyclic amines) is 1. The lowest BCUT2D eigenvalue weighted by Crippen LogP contribution is -2.44. The molecule has 0 bridgehead atoms. The molecule has 2 amide bonds. The summed E-state index contributed by atoms with van der Waals surface area (Å²) in [4.78, 5) is 45.1. The van der Waals surface area contributed by atoms with Crippen LogP contribution in [0.5, 0.6) is 11.5 Å². The summed E-state index contributed by atoms with van der Waals surface area (Å²) in [5.74, 6) is -1.29. The van der Waals surface area contributed by atoms with Gasteiger partial charge in [-0.3, -0.25) is 19.3 Å². The summed E-state index contributed by atoms with van der Waals surface area (Å²) in [5, 5.41) is 0. The van der Waals surface area contributed by atoms with E-state index in [9.17, 15) is 14.4 Å². The highest BCUT2D eigenvalue weighted by molar-refractivity contribution is 6.12. The predicted molar refractivity (Wildman–Crippen MR) is 137 cm³/mol. The molecule has 186 valence electrons. The summed E-state index contributed by atoms with van der Waals surface area (Å²) in [6.45, 7) is 0.187. The standard InChI is InChI=1S/C30H26N2O5/c1-36-22-13-12-20(16-23(22)37-2)28(33)27-25-24(26-21-11-7-6-10-19(21)14-15-31(26)27)29(34)32(30(25)35)17-18-8-4-3-5-9-18/h3-16,24-27H,17H2,1-2H3/t24-,25+,26-,27-/m0/s1. The highest BCUT2D eigenvalue weighted by Gasteiger charge is 2.64. The van der Waals surface area contributed by atoms with Crippen molar-refractivity contribution >= 4 is 23.7 Å². The zero-order chi connectivity index (χ0) is 25.7. The molecular formula is C30H26N2O5. The van der Waals surface area contributed by atoms with Gasteiger partial charge in [0.05, 0.1) is 38.6 Å². The van der Waals surface area contributed by atoms with Crippen LogP contribution in [0.3, 0.4) is 0 Å². The van der Waals surface area contributed by atoms with E-state index in [1.165, 1.54) is 19.1 Å². The largest absolute Gasteiger partial charge is 0.493 e. The number of benzene rings is 3. The van der Waals surface area contributed by atoms with E-state index >= 15 is 0 Å². The Hall–Kier alpha value is -4.39. The van der Waals surface area contributed by atoms with Gasteiger partial charge in [0, 0.05) is 11.8 Å². The Bertz CT molecular complexity index is 1430. The molecule has 3 heterocycles. The van der Waals surface area contributed by atoms with Crippen molar-refractivity contribution in [3.63, 3.8) is 0 Å². The normalized spacial score (nSPS) is 23.5. The van der Waals surface area contributed by atoms with Crippen molar-refractivity contribution in [2.45, 2.75) is 18.6 Å². The number of ether oxygens (including phenoxy) is 2. The summed E-state index contributed by atoms with van der Waals surface area (Å²) >= 11 is 0. The third kappa shape index (κ3) is 3.53. The third-order valence-electron chi connectivity index (χ3n) is 7.67. The van der Waals surface area contributed by atoms with Gasteiger partial charge in [0.15, 0.2) is 17.3 Å². The molecule has 37 heavy (non-hydrogen) atoms. The first kappa shape index (κ1) is 23.0. The molecule has 7 heteroatoms. The zero-order valence-electron chi connectivity index (χ0n) is 20.5. The number of hydrogen-bond donors (Lipinski definition) is 0. The monoisotopic (exact) mass is 494 g/mol. The molecule has 0 aromatic heterocycles. The third-order valence-corrected chi connectivity index (χ3v) is 7.67. The number of fused-ring (bicyclic) bond motifs is 5. The van der Waals surface area contributed by atoms with E-state index < -0.39 is 23.9 Å². The lowest BCUT2D eigenvalue weighted by Gasteiger charge is -2.35. The second kappa shape index (κ2) is 8.92. The number of carbonyl (C=O) groups excluding carboxylic acids is 3. The van der Waals surface area contributed by atoms with Crippen LogP contribution >= 0.6 is 0 Å². The van der Waals surface area contributed by atoms with E-state index in [4.69, 9.17) is 9.47 Å². The SMILES string of the molecule is COc1ccc(C(=O)[C@@H]2[C@@H]3C(=O)N(Cc4ccccc4)C(=O)[C@@H]3[C@@H]3c4ccccc4C=CN23)cc1OC. The Balaban J connectivity index is 1.44. The van der Waals surface area contributed by atoms with Crippen LogP contribution in [0, 0.1) is 11.8 Å². The van der Waals surface area contributed by atoms with E-state index in [1.807, 2.05) is 71.8 Å². The summed E-state index contributed by atoms with van der Waals surface area (Å²) in [6, 6.07) is 21.1. The van der Waals surface area contributed by atoms with Crippen molar-refractivity contribution in [1.29, 1.82) is 0 Å². The van der Waals surface area contributed by atoms with Crippen molar-refractivity contribution < 1.29 is 23.9 Å². The highest BCUT2D eigenvalue weighted by Crippen LogP contribution is 2.53. The van der Waals surface area contributed by atoms with E-state index in [1.54, 1.807) is 18.2 Å². The number of carbonyl (C=O) groups is 3. The lowest BCUT2D eigenvalue weighted by molar-refractivity contribution is -0.142. The average Bonchev–Trinajstić information content (AvgIpc) is 3.41. The van der Waals surface area contributed by atoms with Crippen molar-refractivity contribution in [1.82, 2.24) is 9.80 Å². The Morgan fingerprint density at radius 3 is 2.30 bits per heavy atom. The molecule has 4 atom stereocenters. The number of Topliss-reactive ketones (excluding diaryl/α,β-unsaturated/α-hetero) is 1. The van der Waals surface area contributed by atoms with Gasteiger partial charge in [0.2, 0.25) is 11.8 Å². The Morgan fingerprint density at radius 1 is 0.838 bits per heavy atom. The molecule has 6 rings (SSSR count). The molecule has 3 aliphatic rings. The van der Waals surface area contributed by atoms with E-state index in [0.717, 1.165) is 16.7 Å². The Morgan fingerprint density at radius 2 is 1.54 bits per heavy atom. The zero-order valence-corrected chi connectivity index (χ0v) is 20.5. The van der Waals surface area contributed by atoms with Gasteiger partial charge in [0.1, 0.15) is 6.04 Å². The molecule has 7 nitrogen and oxygen atoms in total. The number of hydrogen-bond acceptors (Lipinski definition) is 6. The van der Waals surface area contributed by atoms with Crippen LogP contribution < -0.4 is 9.47 Å². The fourth-order valence-corrected chi connectivity index (χ4v) is 6.00. The first-order valence-corrected chi connectivity index (χ1v) is 12.2. The topological polar surface area (TPSA) is 76.2 Å². The average molecular weight is 495 g/mol. The van der Waals surface area contributed by atoms with Crippen LogP contribution in [0.4, 0.5) is 0 Å². The number of nitrogens with zero attached hydrogens (tertiary/aromatic N) is 2. The number of methoxy groups -OCH3 is 2. The number of rotatable bonds is 6. The van der Waals surface area contributed by atoms with Crippen molar-refractivity contribution in [2.24, 2.45) is 11.8 Å². The van der Waals surface area contributed by atoms with Gasteiger partial charge >= 0.3 is 0 Å². The van der Waals surface area contributed by atoms with Gasteiger partial charge < -0.3 is 14.4 Å². The first-order valence-electron chi connectivity index (χ1n) is 12.2. The highest BCUT2D eigenvalue weighted by atomic mass is 16.5. The molecule has 0 N–H and O–H groups in total. The van der Waals surface area contributed by atoms with Crippen LogP contribution in [0.15, 0.2) is 79.0 Å². The lowest BCUT2D eigenvalue weighted by atomic mass is 9.83. The van der Waals surface area contributed by atoms with Gasteiger partial charge in [-0.05, 0) is 41.0 Å². The second-order valence-corrected chi connectivity index (χ2v) is 9.52. The molecule has 0 aliphatic carbocycles. The molecular weight excluding hydrogens is 468 g/mol. The second-order valence-electron chi connectivity index (χ2n) is 9.52. The Kier molecular flexibility index (Phi) is 5.56. The fourth-order valence-electron chi connectivity index (χ4n) is 6.00. The molecule has 3 aromatic carbocycles. The van der Waals surface area contributed by atoms with Gasteiger partial charge in [0.25, 0.3) is 0 Å². The Labute approximate surface area is 214 Å². The van der Waals surface area contributed by atoms with Crippen LogP contribution in [0.25, 0.3) is 6.08 Å². The molecule has 2 saturated heterocycles. The molecule has 0 radical (unpaired) electrons. The van der Waals surface area contributed by atoms with Gasteiger partial charge in [-0.2, -0.15) is 0 Å². The van der Waals surface area contributed by atoms with E-state index in [2.05, 4.69) is 0 Å². The maximum absolute atomic E-state index is 14.1. The minimum Gasteiger partial charge on any atom is -0.493 e. The van der Waals surface area contributed by atoms with Gasteiger partial charge in [-0.1, -0.05) is 54.6 Å². The van der Waals surface area contributed by atoms with Crippen LogP contribution in [0.2, 0.25) is 0 Å². The fraction of sp³-hybridized carbons (Fsp3) is 0.233. The van der Waals surface area contributed by atoms with E-state index in [0.29, 0.717) is 17.1 Å². The molecule has 3 aliphatic heterocycles. The van der Waals surface area contributed by atoms with Crippen molar-refractivity contribution in [3.05, 3.63) is 101 Å². The quantitative estimate of drug-likeness (QED) is 0.380. The number of ketones is 1. The number of amides is 2. The molecule has 0 unspecified atom stereocenters.